The largest absolute Gasteiger partial charge is 0.352 e. The summed E-state index contributed by atoms with van der Waals surface area (Å²) in [5, 5.41) is 2.65. The molecular formula is C29H60N2O. The fourth-order valence-corrected chi connectivity index (χ4v) is 4.60. The van der Waals surface area contributed by atoms with Gasteiger partial charge < -0.3 is 11.1 Å². The predicted octanol–water partition coefficient (Wildman–Crippen LogP) is 9.67. The van der Waals surface area contributed by atoms with E-state index in [1.807, 2.05) is 0 Å². The van der Waals surface area contributed by atoms with Crippen molar-refractivity contribution in [3.05, 3.63) is 0 Å². The minimum atomic E-state index is -0.399. The van der Waals surface area contributed by atoms with Crippen LogP contribution in [-0.4, -0.2) is 12.6 Å². The fraction of sp³-hybridized carbons (Fsp3) is 0.966. The maximum absolute atomic E-state index is 10.6. The number of amides is 2. The van der Waals surface area contributed by atoms with E-state index in [1.165, 1.54) is 148 Å². The van der Waals surface area contributed by atoms with Gasteiger partial charge in [0.15, 0.2) is 0 Å². The third-order valence-electron chi connectivity index (χ3n) is 6.76. The summed E-state index contributed by atoms with van der Waals surface area (Å²) in [6.07, 6.45) is 33.9. The van der Waals surface area contributed by atoms with E-state index in [1.54, 1.807) is 0 Å². The summed E-state index contributed by atoms with van der Waals surface area (Å²) in [6, 6.07) is -0.399. The van der Waals surface area contributed by atoms with Crippen LogP contribution in [0.5, 0.6) is 0 Å². The molecule has 0 saturated carbocycles. The van der Waals surface area contributed by atoms with Crippen LogP contribution in [0.25, 0.3) is 0 Å². The van der Waals surface area contributed by atoms with E-state index >= 15 is 0 Å². The van der Waals surface area contributed by atoms with Gasteiger partial charge in [-0.2, -0.15) is 0 Å². The third-order valence-corrected chi connectivity index (χ3v) is 6.76. The Bertz CT molecular complexity index is 370. The molecule has 192 valence electrons. The zero-order valence-corrected chi connectivity index (χ0v) is 22.2. The van der Waals surface area contributed by atoms with Crippen molar-refractivity contribution in [1.82, 2.24) is 5.32 Å². The minimum Gasteiger partial charge on any atom is -0.352 e. The van der Waals surface area contributed by atoms with Gasteiger partial charge in [0.25, 0.3) is 0 Å². The Labute approximate surface area is 202 Å². The molecule has 3 heteroatoms. The molecule has 0 unspecified atom stereocenters. The molecule has 0 saturated heterocycles. The number of carbonyl (C=O) groups excluding carboxylic acids is 1. The van der Waals surface area contributed by atoms with Crippen LogP contribution in [0, 0.1) is 5.92 Å². The SMILES string of the molecule is CC(C)CCCCCCCCCCCCCCCCCCCCCCCCCNC(N)=O. The average Bonchev–Trinajstić information content (AvgIpc) is 2.75. The molecule has 0 aromatic carbocycles. The second-order valence-corrected chi connectivity index (χ2v) is 10.6. The Morgan fingerprint density at radius 1 is 0.500 bits per heavy atom. The maximum Gasteiger partial charge on any atom is 0.312 e. The molecule has 0 aliphatic heterocycles. The van der Waals surface area contributed by atoms with Gasteiger partial charge in [0, 0.05) is 6.54 Å². The van der Waals surface area contributed by atoms with E-state index in [0.29, 0.717) is 0 Å². The zero-order valence-electron chi connectivity index (χ0n) is 22.2. The van der Waals surface area contributed by atoms with Crippen molar-refractivity contribution < 1.29 is 4.79 Å². The molecule has 0 rings (SSSR count). The number of carbonyl (C=O) groups is 1. The Morgan fingerprint density at radius 3 is 1.00 bits per heavy atom. The molecule has 2 amide bonds. The first-order valence-corrected chi connectivity index (χ1v) is 14.7. The molecule has 0 bridgehead atoms. The Kier molecular flexibility index (Phi) is 25.9. The van der Waals surface area contributed by atoms with Crippen molar-refractivity contribution in [2.75, 3.05) is 6.54 Å². The Hall–Kier alpha value is -0.730. The lowest BCUT2D eigenvalue weighted by Crippen LogP contribution is -2.29. The van der Waals surface area contributed by atoms with Gasteiger partial charge in [-0.25, -0.2) is 4.79 Å². The molecule has 0 radical (unpaired) electrons. The first-order chi connectivity index (χ1) is 15.6. The van der Waals surface area contributed by atoms with Crippen LogP contribution >= 0.6 is 0 Å². The fourth-order valence-electron chi connectivity index (χ4n) is 4.60. The number of unbranched alkanes of at least 4 members (excludes halogenated alkanes) is 22. The maximum atomic E-state index is 10.6. The number of primary amides is 1. The van der Waals surface area contributed by atoms with Gasteiger partial charge >= 0.3 is 6.03 Å². The van der Waals surface area contributed by atoms with Crippen LogP contribution in [0.3, 0.4) is 0 Å². The van der Waals surface area contributed by atoms with Crippen LogP contribution in [-0.2, 0) is 0 Å². The minimum absolute atomic E-state index is 0.399. The van der Waals surface area contributed by atoms with Crippen LogP contribution in [0.15, 0.2) is 0 Å². The van der Waals surface area contributed by atoms with Gasteiger partial charge in [0.1, 0.15) is 0 Å². The van der Waals surface area contributed by atoms with Crippen LogP contribution in [0.4, 0.5) is 4.79 Å². The highest BCUT2D eigenvalue weighted by atomic mass is 16.2. The lowest BCUT2D eigenvalue weighted by Gasteiger charge is -2.05. The van der Waals surface area contributed by atoms with Gasteiger partial charge in [0.2, 0.25) is 0 Å². The summed E-state index contributed by atoms with van der Waals surface area (Å²) < 4.78 is 0. The van der Waals surface area contributed by atoms with Crippen molar-refractivity contribution in [1.29, 1.82) is 0 Å². The molecule has 0 atom stereocenters. The number of hydrogen-bond acceptors (Lipinski definition) is 1. The van der Waals surface area contributed by atoms with Crippen molar-refractivity contribution in [2.24, 2.45) is 11.7 Å². The van der Waals surface area contributed by atoms with Crippen LogP contribution in [0.1, 0.15) is 168 Å². The van der Waals surface area contributed by atoms with Crippen molar-refractivity contribution in [3.63, 3.8) is 0 Å². The molecule has 0 aromatic rings. The van der Waals surface area contributed by atoms with E-state index in [4.69, 9.17) is 5.73 Å². The third kappa shape index (κ3) is 29.3. The van der Waals surface area contributed by atoms with Crippen LogP contribution < -0.4 is 11.1 Å². The van der Waals surface area contributed by atoms with Crippen molar-refractivity contribution in [3.8, 4) is 0 Å². The Morgan fingerprint density at radius 2 is 0.750 bits per heavy atom. The molecular weight excluding hydrogens is 392 g/mol. The van der Waals surface area contributed by atoms with Gasteiger partial charge in [-0.1, -0.05) is 162 Å². The van der Waals surface area contributed by atoms with Crippen molar-refractivity contribution in [2.45, 2.75) is 168 Å². The lowest BCUT2D eigenvalue weighted by molar-refractivity contribution is 0.248. The molecule has 0 aromatic heterocycles. The lowest BCUT2D eigenvalue weighted by atomic mass is 10.0. The number of hydrogen-bond donors (Lipinski definition) is 2. The predicted molar refractivity (Wildman–Crippen MR) is 143 cm³/mol. The first kappa shape index (κ1) is 31.3. The number of nitrogens with two attached hydrogens (primary N) is 1. The first-order valence-electron chi connectivity index (χ1n) is 14.7. The summed E-state index contributed by atoms with van der Waals surface area (Å²) in [5.74, 6) is 0.887. The van der Waals surface area contributed by atoms with E-state index in [2.05, 4.69) is 19.2 Å². The monoisotopic (exact) mass is 452 g/mol. The Balaban J connectivity index is 3.02. The topological polar surface area (TPSA) is 55.1 Å². The normalized spacial score (nSPS) is 11.3. The molecule has 0 aliphatic rings. The van der Waals surface area contributed by atoms with E-state index in [0.717, 1.165) is 18.9 Å². The highest BCUT2D eigenvalue weighted by Gasteiger charge is 1.97. The standard InChI is InChI=1S/C29H60N2O/c1-28(2)26-24-22-20-18-16-14-12-10-8-6-4-3-5-7-9-11-13-15-17-19-21-23-25-27-31-29(30)32/h28H,3-27H2,1-2H3,(H3,30,31,32). The number of urea groups is 1. The summed E-state index contributed by atoms with van der Waals surface area (Å²) in [7, 11) is 0. The van der Waals surface area contributed by atoms with Crippen LogP contribution in [0.2, 0.25) is 0 Å². The quantitative estimate of drug-likeness (QED) is 0.126. The summed E-state index contributed by atoms with van der Waals surface area (Å²) in [5.41, 5.74) is 5.05. The molecule has 0 spiro atoms. The molecule has 0 heterocycles. The molecule has 32 heavy (non-hydrogen) atoms. The van der Waals surface area contributed by atoms with E-state index in [9.17, 15) is 4.79 Å². The van der Waals surface area contributed by atoms with Gasteiger partial charge in [-0.05, 0) is 12.3 Å². The molecule has 0 fully saturated rings. The molecule has 3 N–H and O–H groups in total. The number of nitrogens with one attached hydrogen (secondary N) is 1. The zero-order chi connectivity index (χ0) is 23.5. The summed E-state index contributed by atoms with van der Waals surface area (Å²) >= 11 is 0. The van der Waals surface area contributed by atoms with Gasteiger partial charge in [0.05, 0.1) is 0 Å². The number of rotatable bonds is 26. The second kappa shape index (κ2) is 26.5. The highest BCUT2D eigenvalue weighted by molar-refractivity contribution is 5.71. The molecule has 0 aliphatic carbocycles. The van der Waals surface area contributed by atoms with E-state index in [-0.39, 0.29) is 0 Å². The molecule has 3 nitrogen and oxygen atoms in total. The van der Waals surface area contributed by atoms with E-state index < -0.39 is 6.03 Å². The highest BCUT2D eigenvalue weighted by Crippen LogP contribution is 2.16. The second-order valence-electron chi connectivity index (χ2n) is 10.6. The average molecular weight is 453 g/mol. The van der Waals surface area contributed by atoms with Gasteiger partial charge in [-0.15, -0.1) is 0 Å². The van der Waals surface area contributed by atoms with Crippen molar-refractivity contribution >= 4 is 6.03 Å². The summed E-state index contributed by atoms with van der Waals surface area (Å²) in [4.78, 5) is 10.6. The van der Waals surface area contributed by atoms with Gasteiger partial charge in [-0.3, -0.25) is 0 Å². The smallest absolute Gasteiger partial charge is 0.312 e. The summed E-state index contributed by atoms with van der Waals surface area (Å²) in [6.45, 7) is 5.41.